The number of benzene rings is 1. The summed E-state index contributed by atoms with van der Waals surface area (Å²) in [4.78, 5) is 22.5. The van der Waals surface area contributed by atoms with Crippen LogP contribution in [0.2, 0.25) is 0 Å². The van der Waals surface area contributed by atoms with Gasteiger partial charge in [-0.25, -0.2) is 0 Å². The first-order valence-corrected chi connectivity index (χ1v) is 5.99. The standard InChI is InChI=1S/C13H19N3O3/c1-9-7-11(3-4-12(9)15-10(2)17)16-13(18)8-19-6-5-14/h3-4,7H,5-6,8,14H2,1-2H3,(H,15,17)(H,16,18). The first-order chi connectivity index (χ1) is 9.02. The molecule has 0 radical (unpaired) electrons. The monoisotopic (exact) mass is 265 g/mol. The smallest absolute Gasteiger partial charge is 0.250 e. The second-order valence-electron chi connectivity index (χ2n) is 4.10. The van der Waals surface area contributed by atoms with Crippen molar-refractivity contribution in [1.82, 2.24) is 0 Å². The SMILES string of the molecule is CC(=O)Nc1ccc(NC(=O)COCCN)cc1C. The molecule has 0 aliphatic rings. The third-order valence-electron chi connectivity index (χ3n) is 2.32. The second kappa shape index (κ2) is 7.50. The van der Waals surface area contributed by atoms with Gasteiger partial charge >= 0.3 is 0 Å². The number of nitrogens with one attached hydrogen (secondary N) is 2. The predicted molar refractivity (Wildman–Crippen MR) is 74.0 cm³/mol. The minimum absolute atomic E-state index is 0.0241. The van der Waals surface area contributed by atoms with Crippen molar-refractivity contribution < 1.29 is 14.3 Å². The minimum atomic E-state index is -0.236. The van der Waals surface area contributed by atoms with E-state index in [2.05, 4.69) is 10.6 Å². The number of carbonyl (C=O) groups excluding carboxylic acids is 2. The third kappa shape index (κ3) is 5.50. The summed E-state index contributed by atoms with van der Waals surface area (Å²) in [7, 11) is 0. The van der Waals surface area contributed by atoms with Crippen LogP contribution in [0, 0.1) is 6.92 Å². The maximum Gasteiger partial charge on any atom is 0.250 e. The van der Waals surface area contributed by atoms with Crippen LogP contribution >= 0.6 is 0 Å². The van der Waals surface area contributed by atoms with Gasteiger partial charge in [-0.1, -0.05) is 0 Å². The van der Waals surface area contributed by atoms with Crippen molar-refractivity contribution >= 4 is 23.2 Å². The number of ether oxygens (including phenoxy) is 1. The van der Waals surface area contributed by atoms with Crippen LogP contribution in [0.3, 0.4) is 0 Å². The first kappa shape index (κ1) is 15.1. The second-order valence-corrected chi connectivity index (χ2v) is 4.10. The molecule has 0 aliphatic carbocycles. The number of carbonyl (C=O) groups is 2. The minimum Gasteiger partial charge on any atom is -0.370 e. The Kier molecular flexibility index (Phi) is 5.98. The fourth-order valence-corrected chi connectivity index (χ4v) is 1.52. The number of aryl methyl sites for hydroxylation is 1. The van der Waals surface area contributed by atoms with Crippen LogP contribution in [0.1, 0.15) is 12.5 Å². The van der Waals surface area contributed by atoms with E-state index in [1.54, 1.807) is 18.2 Å². The average molecular weight is 265 g/mol. The molecule has 2 amide bonds. The molecule has 0 unspecified atom stereocenters. The van der Waals surface area contributed by atoms with E-state index in [1.807, 2.05) is 6.92 Å². The van der Waals surface area contributed by atoms with Gasteiger partial charge in [0.2, 0.25) is 11.8 Å². The normalized spacial score (nSPS) is 10.1. The number of amides is 2. The molecular formula is C13H19N3O3. The van der Waals surface area contributed by atoms with Crippen molar-refractivity contribution in [2.75, 3.05) is 30.4 Å². The van der Waals surface area contributed by atoms with E-state index in [9.17, 15) is 9.59 Å². The summed E-state index contributed by atoms with van der Waals surface area (Å²) < 4.78 is 5.03. The summed E-state index contributed by atoms with van der Waals surface area (Å²) in [5.74, 6) is -0.366. The van der Waals surface area contributed by atoms with Crippen LogP contribution in [0.4, 0.5) is 11.4 Å². The van der Waals surface area contributed by atoms with E-state index in [-0.39, 0.29) is 18.4 Å². The van der Waals surface area contributed by atoms with Crippen molar-refractivity contribution in [1.29, 1.82) is 0 Å². The number of rotatable bonds is 6. The lowest BCUT2D eigenvalue weighted by Crippen LogP contribution is -2.20. The Morgan fingerprint density at radius 1 is 1.32 bits per heavy atom. The molecule has 19 heavy (non-hydrogen) atoms. The van der Waals surface area contributed by atoms with Crippen LogP contribution in [0.5, 0.6) is 0 Å². The van der Waals surface area contributed by atoms with Crippen LogP contribution in [0.15, 0.2) is 18.2 Å². The molecule has 6 heteroatoms. The van der Waals surface area contributed by atoms with Gasteiger partial charge in [0.25, 0.3) is 0 Å². The maximum atomic E-state index is 11.5. The molecule has 1 rings (SSSR count). The van der Waals surface area contributed by atoms with Gasteiger partial charge in [0.15, 0.2) is 0 Å². The molecule has 4 N–H and O–H groups in total. The molecular weight excluding hydrogens is 246 g/mol. The van der Waals surface area contributed by atoms with E-state index in [0.717, 1.165) is 11.3 Å². The Bertz CT molecular complexity index is 460. The number of anilines is 2. The number of nitrogens with two attached hydrogens (primary N) is 1. The molecule has 0 aromatic heterocycles. The number of hydrogen-bond acceptors (Lipinski definition) is 4. The van der Waals surface area contributed by atoms with Crippen molar-refractivity contribution in [2.24, 2.45) is 5.73 Å². The Balaban J connectivity index is 2.58. The Morgan fingerprint density at radius 2 is 2.05 bits per heavy atom. The third-order valence-corrected chi connectivity index (χ3v) is 2.32. The summed E-state index contributed by atoms with van der Waals surface area (Å²) in [5.41, 5.74) is 7.51. The van der Waals surface area contributed by atoms with Gasteiger partial charge in [0, 0.05) is 24.8 Å². The fourth-order valence-electron chi connectivity index (χ4n) is 1.52. The zero-order chi connectivity index (χ0) is 14.3. The highest BCUT2D eigenvalue weighted by molar-refractivity contribution is 5.93. The highest BCUT2D eigenvalue weighted by atomic mass is 16.5. The van der Waals surface area contributed by atoms with E-state index in [1.165, 1.54) is 6.92 Å². The van der Waals surface area contributed by atoms with Gasteiger partial charge in [-0.15, -0.1) is 0 Å². The summed E-state index contributed by atoms with van der Waals surface area (Å²) >= 11 is 0. The maximum absolute atomic E-state index is 11.5. The van der Waals surface area contributed by atoms with E-state index in [0.29, 0.717) is 18.8 Å². The largest absolute Gasteiger partial charge is 0.370 e. The summed E-state index contributed by atoms with van der Waals surface area (Å²) in [5, 5.41) is 5.41. The van der Waals surface area contributed by atoms with Crippen LogP contribution < -0.4 is 16.4 Å². The van der Waals surface area contributed by atoms with Crippen molar-refractivity contribution in [3.05, 3.63) is 23.8 Å². The van der Waals surface area contributed by atoms with E-state index >= 15 is 0 Å². The van der Waals surface area contributed by atoms with Crippen molar-refractivity contribution in [2.45, 2.75) is 13.8 Å². The fraction of sp³-hybridized carbons (Fsp3) is 0.385. The molecule has 104 valence electrons. The zero-order valence-corrected chi connectivity index (χ0v) is 11.2. The molecule has 0 bridgehead atoms. The predicted octanol–water partition coefficient (Wildman–Crippen LogP) is 0.867. The highest BCUT2D eigenvalue weighted by Gasteiger charge is 2.05. The first-order valence-electron chi connectivity index (χ1n) is 5.99. The van der Waals surface area contributed by atoms with E-state index in [4.69, 9.17) is 10.5 Å². The molecule has 0 aliphatic heterocycles. The Labute approximate surface area is 112 Å². The molecule has 1 aromatic carbocycles. The zero-order valence-electron chi connectivity index (χ0n) is 11.2. The van der Waals surface area contributed by atoms with E-state index < -0.39 is 0 Å². The van der Waals surface area contributed by atoms with Crippen LogP contribution in [0.25, 0.3) is 0 Å². The summed E-state index contributed by atoms with van der Waals surface area (Å²) in [6.45, 7) is 4.02. The van der Waals surface area contributed by atoms with Gasteiger partial charge in [-0.2, -0.15) is 0 Å². The van der Waals surface area contributed by atoms with Crippen LogP contribution in [-0.4, -0.2) is 31.6 Å². The molecule has 0 atom stereocenters. The molecule has 0 fully saturated rings. The van der Waals surface area contributed by atoms with Gasteiger partial charge in [-0.3, -0.25) is 9.59 Å². The molecule has 0 saturated carbocycles. The quantitative estimate of drug-likeness (QED) is 0.665. The van der Waals surface area contributed by atoms with Crippen molar-refractivity contribution in [3.8, 4) is 0 Å². The van der Waals surface area contributed by atoms with Crippen molar-refractivity contribution in [3.63, 3.8) is 0 Å². The van der Waals surface area contributed by atoms with Crippen LogP contribution in [-0.2, 0) is 14.3 Å². The lowest BCUT2D eigenvalue weighted by Gasteiger charge is -2.10. The van der Waals surface area contributed by atoms with Gasteiger partial charge < -0.3 is 21.1 Å². The van der Waals surface area contributed by atoms with Gasteiger partial charge in [0.1, 0.15) is 6.61 Å². The molecule has 0 heterocycles. The molecule has 0 spiro atoms. The molecule has 1 aromatic rings. The van der Waals surface area contributed by atoms with Gasteiger partial charge in [0.05, 0.1) is 6.61 Å². The molecule has 0 saturated heterocycles. The average Bonchev–Trinajstić information content (AvgIpc) is 2.32. The lowest BCUT2D eigenvalue weighted by molar-refractivity contribution is -0.120. The highest BCUT2D eigenvalue weighted by Crippen LogP contribution is 2.19. The summed E-state index contributed by atoms with van der Waals surface area (Å²) in [6.07, 6.45) is 0. The topological polar surface area (TPSA) is 93.5 Å². The number of hydrogen-bond donors (Lipinski definition) is 3. The summed E-state index contributed by atoms with van der Waals surface area (Å²) in [6, 6.07) is 5.25. The Hall–Kier alpha value is -1.92. The molecule has 6 nitrogen and oxygen atoms in total. The lowest BCUT2D eigenvalue weighted by atomic mass is 10.1. The van der Waals surface area contributed by atoms with Gasteiger partial charge in [-0.05, 0) is 30.7 Å². The Morgan fingerprint density at radius 3 is 2.63 bits per heavy atom.